The van der Waals surface area contributed by atoms with E-state index in [4.69, 9.17) is 0 Å². The van der Waals surface area contributed by atoms with Crippen LogP contribution in [0, 0.1) is 6.92 Å². The van der Waals surface area contributed by atoms with Crippen molar-refractivity contribution >= 4 is 10.1 Å². The number of halogens is 3. The van der Waals surface area contributed by atoms with E-state index in [0.717, 1.165) is 56.1 Å². The normalized spacial score (nSPS) is 23.7. The van der Waals surface area contributed by atoms with Crippen molar-refractivity contribution in [1.82, 2.24) is 0 Å². The zero-order chi connectivity index (χ0) is 18.1. The second kappa shape index (κ2) is 5.15. The lowest BCUT2D eigenvalue weighted by atomic mass is 9.69. The highest BCUT2D eigenvalue weighted by Crippen LogP contribution is 2.66. The van der Waals surface area contributed by atoms with Crippen LogP contribution in [0.15, 0.2) is 12.1 Å². The van der Waals surface area contributed by atoms with E-state index in [0.29, 0.717) is 0 Å². The molecule has 0 aliphatic heterocycles. The van der Waals surface area contributed by atoms with Crippen molar-refractivity contribution in [2.24, 2.45) is 0 Å². The van der Waals surface area contributed by atoms with Gasteiger partial charge < -0.3 is 4.18 Å². The SMILES string of the molecule is Cc1cc(OS(=O)(=O)C(F)(F)F)cc2c1C1(CC1)CC21CCCCC1. The minimum atomic E-state index is -5.64. The largest absolute Gasteiger partial charge is 0.534 e. The monoisotopic (exact) mass is 374 g/mol. The topological polar surface area (TPSA) is 43.4 Å². The average Bonchev–Trinajstić information content (AvgIpc) is 3.20. The Morgan fingerprint density at radius 1 is 1.00 bits per heavy atom. The Morgan fingerprint density at radius 3 is 2.20 bits per heavy atom. The lowest BCUT2D eigenvalue weighted by Crippen LogP contribution is -2.29. The highest BCUT2D eigenvalue weighted by molar-refractivity contribution is 7.88. The number of benzene rings is 1. The van der Waals surface area contributed by atoms with Gasteiger partial charge in [0.15, 0.2) is 0 Å². The fourth-order valence-corrected chi connectivity index (χ4v) is 5.63. The van der Waals surface area contributed by atoms with Crippen LogP contribution in [0.3, 0.4) is 0 Å². The first-order valence-electron chi connectivity index (χ1n) is 8.75. The summed E-state index contributed by atoms with van der Waals surface area (Å²) in [5, 5.41) is 0. The maximum Gasteiger partial charge on any atom is 0.534 e. The molecule has 4 rings (SSSR count). The molecule has 3 nitrogen and oxygen atoms in total. The Morgan fingerprint density at radius 2 is 1.64 bits per heavy atom. The average molecular weight is 374 g/mol. The van der Waals surface area contributed by atoms with Crippen molar-refractivity contribution in [1.29, 1.82) is 0 Å². The number of rotatable bonds is 2. The summed E-state index contributed by atoms with van der Waals surface area (Å²) in [5.41, 5.74) is -2.14. The van der Waals surface area contributed by atoms with Crippen molar-refractivity contribution in [2.75, 3.05) is 0 Å². The van der Waals surface area contributed by atoms with Gasteiger partial charge in [-0.15, -0.1) is 0 Å². The van der Waals surface area contributed by atoms with Gasteiger partial charge in [-0.2, -0.15) is 21.6 Å². The van der Waals surface area contributed by atoms with E-state index >= 15 is 0 Å². The molecule has 2 saturated carbocycles. The van der Waals surface area contributed by atoms with Gasteiger partial charge in [0.1, 0.15) is 5.75 Å². The minimum absolute atomic E-state index is 0.0177. The molecule has 1 aromatic rings. The van der Waals surface area contributed by atoms with Crippen molar-refractivity contribution in [3.05, 3.63) is 28.8 Å². The van der Waals surface area contributed by atoms with Crippen LogP contribution < -0.4 is 4.18 Å². The van der Waals surface area contributed by atoms with Gasteiger partial charge in [0.25, 0.3) is 0 Å². The van der Waals surface area contributed by atoms with Gasteiger partial charge in [-0.25, -0.2) is 0 Å². The Kier molecular flexibility index (Phi) is 3.54. The second-order valence-corrected chi connectivity index (χ2v) is 9.48. The quantitative estimate of drug-likeness (QED) is 0.548. The van der Waals surface area contributed by atoms with Gasteiger partial charge in [-0.05, 0) is 78.7 Å². The fraction of sp³-hybridized carbons (Fsp3) is 0.667. The maximum atomic E-state index is 12.7. The summed E-state index contributed by atoms with van der Waals surface area (Å²) in [5.74, 6) is -0.212. The maximum absolute atomic E-state index is 12.7. The molecule has 2 fully saturated rings. The number of hydrogen-bond acceptors (Lipinski definition) is 3. The summed E-state index contributed by atoms with van der Waals surface area (Å²) < 4.78 is 65.2. The predicted octanol–water partition coefficient (Wildman–Crippen LogP) is 4.86. The van der Waals surface area contributed by atoms with E-state index in [9.17, 15) is 21.6 Å². The van der Waals surface area contributed by atoms with Crippen LogP contribution in [0.25, 0.3) is 0 Å². The van der Waals surface area contributed by atoms with E-state index in [1.54, 1.807) is 6.07 Å². The zero-order valence-corrected chi connectivity index (χ0v) is 14.9. The molecule has 25 heavy (non-hydrogen) atoms. The van der Waals surface area contributed by atoms with Crippen LogP contribution in [-0.4, -0.2) is 13.9 Å². The Labute approximate surface area is 145 Å². The number of alkyl halides is 3. The molecule has 0 atom stereocenters. The second-order valence-electron chi connectivity index (χ2n) is 7.94. The molecular weight excluding hydrogens is 353 g/mol. The molecule has 0 saturated heterocycles. The molecule has 0 heterocycles. The summed E-state index contributed by atoms with van der Waals surface area (Å²) in [4.78, 5) is 0. The van der Waals surface area contributed by atoms with Crippen LogP contribution in [-0.2, 0) is 20.9 Å². The van der Waals surface area contributed by atoms with Gasteiger partial charge in [-0.3, -0.25) is 0 Å². The van der Waals surface area contributed by atoms with Gasteiger partial charge in [0, 0.05) is 0 Å². The van der Waals surface area contributed by atoms with E-state index in [2.05, 4.69) is 4.18 Å². The third-order valence-corrected chi connectivity index (χ3v) is 7.22. The van der Waals surface area contributed by atoms with E-state index in [-0.39, 0.29) is 16.6 Å². The smallest absolute Gasteiger partial charge is 0.376 e. The summed E-state index contributed by atoms with van der Waals surface area (Å²) >= 11 is 0. The molecule has 0 unspecified atom stereocenters. The lowest BCUT2D eigenvalue weighted by Gasteiger charge is -2.35. The van der Waals surface area contributed by atoms with Gasteiger partial charge in [0.2, 0.25) is 0 Å². The van der Waals surface area contributed by atoms with E-state index < -0.39 is 15.6 Å². The third-order valence-electron chi connectivity index (χ3n) is 6.24. The third kappa shape index (κ3) is 2.57. The first-order chi connectivity index (χ1) is 11.6. The van der Waals surface area contributed by atoms with Crippen LogP contribution in [0.4, 0.5) is 13.2 Å². The molecule has 0 aromatic heterocycles. The van der Waals surface area contributed by atoms with Crippen LogP contribution >= 0.6 is 0 Å². The number of aryl methyl sites for hydroxylation is 1. The molecule has 2 spiro atoms. The molecule has 138 valence electrons. The molecule has 0 N–H and O–H groups in total. The minimum Gasteiger partial charge on any atom is -0.376 e. The van der Waals surface area contributed by atoms with E-state index in [1.807, 2.05) is 6.92 Å². The van der Waals surface area contributed by atoms with Crippen molar-refractivity contribution in [3.63, 3.8) is 0 Å². The summed E-state index contributed by atoms with van der Waals surface area (Å²) in [7, 11) is -5.64. The number of hydrogen-bond donors (Lipinski definition) is 0. The Bertz CT molecular complexity index is 817. The first-order valence-corrected chi connectivity index (χ1v) is 10.2. The Hall–Kier alpha value is -1.24. The molecule has 0 bridgehead atoms. The van der Waals surface area contributed by atoms with Crippen molar-refractivity contribution in [3.8, 4) is 5.75 Å². The van der Waals surface area contributed by atoms with Gasteiger partial charge in [0.05, 0.1) is 0 Å². The molecule has 3 aliphatic rings. The highest BCUT2D eigenvalue weighted by Gasteiger charge is 2.59. The van der Waals surface area contributed by atoms with Crippen molar-refractivity contribution < 1.29 is 25.8 Å². The van der Waals surface area contributed by atoms with E-state index in [1.165, 1.54) is 18.1 Å². The van der Waals surface area contributed by atoms with Crippen LogP contribution in [0.2, 0.25) is 0 Å². The highest BCUT2D eigenvalue weighted by atomic mass is 32.2. The summed E-state index contributed by atoms with van der Waals surface area (Å²) in [6, 6.07) is 3.02. The Balaban J connectivity index is 1.79. The molecule has 0 amide bonds. The molecule has 7 heteroatoms. The standard InChI is InChI=1S/C18H21F3O3S/c1-12-9-13(24-25(22,23)18(19,20)21)10-14-15(12)17(7-8-17)11-16(14)5-3-2-4-6-16/h9-10H,2-8,11H2,1H3. The predicted molar refractivity (Wildman–Crippen MR) is 87.1 cm³/mol. The van der Waals surface area contributed by atoms with Crippen LogP contribution in [0.5, 0.6) is 5.75 Å². The number of fused-ring (bicyclic) bond motifs is 3. The summed E-state index contributed by atoms with van der Waals surface area (Å²) in [6.07, 6.45) is 8.73. The first kappa shape index (κ1) is 17.2. The van der Waals surface area contributed by atoms with Crippen LogP contribution in [0.1, 0.15) is 68.1 Å². The molecule has 1 aromatic carbocycles. The molecule has 0 radical (unpaired) electrons. The molecular formula is C18H21F3O3S. The van der Waals surface area contributed by atoms with Gasteiger partial charge >= 0.3 is 15.6 Å². The van der Waals surface area contributed by atoms with Crippen molar-refractivity contribution in [2.45, 2.75) is 74.6 Å². The fourth-order valence-electron chi connectivity index (χ4n) is 5.18. The zero-order valence-electron chi connectivity index (χ0n) is 14.1. The summed E-state index contributed by atoms with van der Waals surface area (Å²) in [6.45, 7) is 1.85. The molecule has 3 aliphatic carbocycles. The van der Waals surface area contributed by atoms with Gasteiger partial charge in [-0.1, -0.05) is 19.3 Å². The lowest BCUT2D eigenvalue weighted by molar-refractivity contribution is -0.0500.